The summed E-state index contributed by atoms with van der Waals surface area (Å²) in [5, 5.41) is 4.74. The number of hydrogen-bond acceptors (Lipinski definition) is 4. The van der Waals surface area contributed by atoms with Crippen molar-refractivity contribution < 1.29 is 9.59 Å². The Labute approximate surface area is 190 Å². The third-order valence-electron chi connectivity index (χ3n) is 5.83. The Morgan fingerprint density at radius 1 is 1.06 bits per heavy atom. The van der Waals surface area contributed by atoms with Crippen molar-refractivity contribution in [2.45, 2.75) is 45.1 Å². The summed E-state index contributed by atoms with van der Waals surface area (Å²) >= 11 is 1.43. The molecule has 0 spiro atoms. The first-order valence-corrected chi connectivity index (χ1v) is 12.0. The first-order valence-electron chi connectivity index (χ1n) is 11.2. The number of nitrogens with one attached hydrogen (secondary N) is 1. The smallest absolute Gasteiger partial charge is 0.270 e. The van der Waals surface area contributed by atoms with Gasteiger partial charge in [-0.2, -0.15) is 0 Å². The Hall–Kier alpha value is -2.31. The summed E-state index contributed by atoms with van der Waals surface area (Å²) in [7, 11) is 0. The molecule has 31 heavy (non-hydrogen) atoms. The van der Waals surface area contributed by atoms with Crippen LogP contribution in [0.5, 0.6) is 0 Å². The molecule has 1 N–H and O–H groups in total. The van der Waals surface area contributed by atoms with E-state index in [-0.39, 0.29) is 17.5 Å². The molecule has 0 unspecified atom stereocenters. The molecule has 0 aromatic heterocycles. The molecule has 0 radical (unpaired) electrons. The van der Waals surface area contributed by atoms with Gasteiger partial charge in [-0.25, -0.2) is 0 Å². The summed E-state index contributed by atoms with van der Waals surface area (Å²) in [6.45, 7) is 9.74. The maximum Gasteiger partial charge on any atom is 0.270 e. The highest BCUT2D eigenvalue weighted by Gasteiger charge is 2.29. The van der Waals surface area contributed by atoms with E-state index < -0.39 is 0 Å². The second-order valence-corrected chi connectivity index (χ2v) is 9.08. The van der Waals surface area contributed by atoms with Crippen molar-refractivity contribution >= 4 is 23.6 Å². The van der Waals surface area contributed by atoms with Gasteiger partial charge < -0.3 is 15.1 Å². The minimum atomic E-state index is -0.285. The monoisotopic (exact) mass is 439 g/mol. The lowest BCUT2D eigenvalue weighted by Gasteiger charge is -2.40. The molecule has 0 bridgehead atoms. The normalized spacial score (nSPS) is 18.9. The van der Waals surface area contributed by atoms with Crippen LogP contribution in [0.3, 0.4) is 0 Å². The molecule has 6 heteroatoms. The number of piperidine rings is 2. The van der Waals surface area contributed by atoms with E-state index in [0.717, 1.165) is 12.8 Å². The van der Waals surface area contributed by atoms with Gasteiger partial charge in [0, 0.05) is 29.6 Å². The first-order chi connectivity index (χ1) is 15.1. The molecule has 5 nitrogen and oxygen atoms in total. The number of rotatable bonds is 7. The molecule has 2 aliphatic rings. The van der Waals surface area contributed by atoms with Gasteiger partial charge in [-0.15, -0.1) is 0 Å². The Kier molecular flexibility index (Phi) is 8.98. The topological polar surface area (TPSA) is 52.7 Å². The first kappa shape index (κ1) is 23.4. The maximum atomic E-state index is 13.3. The lowest BCUT2D eigenvalue weighted by molar-refractivity contribution is -0.129. The van der Waals surface area contributed by atoms with Crippen molar-refractivity contribution in [2.24, 2.45) is 0 Å². The number of amides is 2. The van der Waals surface area contributed by atoms with E-state index in [0.29, 0.717) is 29.6 Å². The molecule has 2 heterocycles. The molecule has 2 amide bonds. The number of likely N-dealkylation sites (tertiary alicyclic amines) is 2. The number of hydrogen-bond donors (Lipinski definition) is 1. The van der Waals surface area contributed by atoms with Crippen LogP contribution >= 0.6 is 11.8 Å². The summed E-state index contributed by atoms with van der Waals surface area (Å²) in [5.41, 5.74) is 0.809. The number of carbonyl (C=O) groups excluding carboxylic acids is 2. The quantitative estimate of drug-likeness (QED) is 0.500. The molecule has 1 aromatic rings. The van der Waals surface area contributed by atoms with Crippen LogP contribution in [0.25, 0.3) is 0 Å². The zero-order chi connectivity index (χ0) is 22.1. The third-order valence-corrected chi connectivity index (χ3v) is 6.66. The fraction of sp³-hybridized carbons (Fsp3) is 0.440. The van der Waals surface area contributed by atoms with Crippen molar-refractivity contribution in [1.29, 1.82) is 0 Å². The molecular weight excluding hydrogens is 406 g/mol. The van der Waals surface area contributed by atoms with E-state index in [1.165, 1.54) is 44.1 Å². The molecule has 3 rings (SSSR count). The van der Waals surface area contributed by atoms with Gasteiger partial charge in [-0.1, -0.05) is 49.0 Å². The fourth-order valence-corrected chi connectivity index (χ4v) is 4.67. The number of benzene rings is 1. The van der Waals surface area contributed by atoms with Gasteiger partial charge in [0.2, 0.25) is 0 Å². The second-order valence-electron chi connectivity index (χ2n) is 8.05. The predicted molar refractivity (Wildman–Crippen MR) is 129 cm³/mol. The van der Waals surface area contributed by atoms with Gasteiger partial charge in [0.25, 0.3) is 11.8 Å². The molecule has 0 aliphatic carbocycles. The van der Waals surface area contributed by atoms with Crippen LogP contribution < -0.4 is 5.32 Å². The zero-order valence-electron chi connectivity index (χ0n) is 18.4. The fourth-order valence-electron chi connectivity index (χ4n) is 4.17. The van der Waals surface area contributed by atoms with E-state index in [2.05, 4.69) is 16.8 Å². The van der Waals surface area contributed by atoms with Crippen LogP contribution in [0.2, 0.25) is 0 Å². The average Bonchev–Trinajstić information content (AvgIpc) is 2.83. The molecule has 0 saturated carbocycles. The molecule has 2 fully saturated rings. The third kappa shape index (κ3) is 6.84. The minimum Gasteiger partial charge on any atom is -0.337 e. The van der Waals surface area contributed by atoms with Crippen molar-refractivity contribution in [3.8, 4) is 0 Å². The predicted octanol–water partition coefficient (Wildman–Crippen LogP) is 4.56. The number of allylic oxidation sites excluding steroid dienone is 2. The second kappa shape index (κ2) is 11.9. The van der Waals surface area contributed by atoms with E-state index in [4.69, 9.17) is 0 Å². The molecule has 2 saturated heterocycles. The van der Waals surface area contributed by atoms with Gasteiger partial charge in [0.05, 0.1) is 0 Å². The average molecular weight is 440 g/mol. The van der Waals surface area contributed by atoms with Crippen LogP contribution in [0, 0.1) is 0 Å². The summed E-state index contributed by atoms with van der Waals surface area (Å²) in [6, 6.07) is 9.53. The van der Waals surface area contributed by atoms with Gasteiger partial charge in [0.1, 0.15) is 5.70 Å². The Balaban J connectivity index is 1.67. The number of nitrogens with zero attached hydrogens (tertiary/aromatic N) is 2. The Morgan fingerprint density at radius 2 is 1.74 bits per heavy atom. The maximum absolute atomic E-state index is 13.3. The van der Waals surface area contributed by atoms with E-state index in [1.54, 1.807) is 18.2 Å². The zero-order valence-corrected chi connectivity index (χ0v) is 19.2. The summed E-state index contributed by atoms with van der Waals surface area (Å²) in [4.78, 5) is 31.2. The highest BCUT2D eigenvalue weighted by atomic mass is 32.2. The molecule has 1 aromatic carbocycles. The lowest BCUT2D eigenvalue weighted by atomic mass is 9.99. The summed E-state index contributed by atoms with van der Waals surface area (Å²) in [5.74, 6) is -0.421. The largest absolute Gasteiger partial charge is 0.337 e. The van der Waals surface area contributed by atoms with Crippen LogP contribution in [-0.2, 0) is 4.79 Å². The van der Waals surface area contributed by atoms with Gasteiger partial charge in [-0.3, -0.25) is 9.59 Å². The Bertz CT molecular complexity index is 820. The van der Waals surface area contributed by atoms with Crippen LogP contribution in [0.15, 0.2) is 65.1 Å². The van der Waals surface area contributed by atoms with Crippen LogP contribution in [-0.4, -0.2) is 53.8 Å². The van der Waals surface area contributed by atoms with Gasteiger partial charge in [0.15, 0.2) is 0 Å². The highest BCUT2D eigenvalue weighted by molar-refractivity contribution is 8.06. The van der Waals surface area contributed by atoms with Crippen molar-refractivity contribution in [3.63, 3.8) is 0 Å². The molecular formula is C25H33N3O2S. The highest BCUT2D eigenvalue weighted by Crippen LogP contribution is 2.23. The van der Waals surface area contributed by atoms with Gasteiger partial charge >= 0.3 is 0 Å². The SMILES string of the molecule is C=C(/C=C(\NC(=O)c1ccccc1)C(=O)N1CCC(N2CCCCC2)CC1)S/C=C\C. The van der Waals surface area contributed by atoms with E-state index in [9.17, 15) is 9.59 Å². The summed E-state index contributed by atoms with van der Waals surface area (Å²) < 4.78 is 0. The standard InChI is InChI=1S/C25H33N3O2S/c1-3-18-31-20(2)19-23(26-24(29)21-10-6-4-7-11-21)25(30)28-16-12-22(13-17-28)27-14-8-5-9-15-27/h3-4,6-7,10-11,18-19,22H,2,5,8-9,12-17H2,1H3,(H,26,29)/b18-3-,23-19-. The molecule has 0 atom stereocenters. The van der Waals surface area contributed by atoms with Crippen LogP contribution in [0.1, 0.15) is 49.4 Å². The minimum absolute atomic E-state index is 0.136. The van der Waals surface area contributed by atoms with E-state index in [1.807, 2.05) is 41.5 Å². The number of carbonyl (C=O) groups is 2. The van der Waals surface area contributed by atoms with Gasteiger partial charge in [-0.05, 0) is 69.3 Å². The van der Waals surface area contributed by atoms with Crippen molar-refractivity contribution in [3.05, 3.63) is 70.6 Å². The molecule has 166 valence electrons. The van der Waals surface area contributed by atoms with E-state index >= 15 is 0 Å². The molecule has 2 aliphatic heterocycles. The van der Waals surface area contributed by atoms with Crippen molar-refractivity contribution in [2.75, 3.05) is 26.2 Å². The lowest BCUT2D eigenvalue weighted by Crippen LogP contribution is -2.49. The Morgan fingerprint density at radius 3 is 2.39 bits per heavy atom. The van der Waals surface area contributed by atoms with Crippen molar-refractivity contribution in [1.82, 2.24) is 15.1 Å². The number of thioether (sulfide) groups is 1. The van der Waals surface area contributed by atoms with Crippen LogP contribution in [0.4, 0.5) is 0 Å². The summed E-state index contributed by atoms with van der Waals surface area (Å²) in [6.07, 6.45) is 9.47.